The van der Waals surface area contributed by atoms with Crippen molar-refractivity contribution in [2.24, 2.45) is 0 Å². The molecule has 21 heavy (non-hydrogen) atoms. The van der Waals surface area contributed by atoms with Crippen LogP contribution in [0.25, 0.3) is 0 Å². The quantitative estimate of drug-likeness (QED) is 0.854. The van der Waals surface area contributed by atoms with Gasteiger partial charge in [-0.2, -0.15) is 0 Å². The summed E-state index contributed by atoms with van der Waals surface area (Å²) < 4.78 is 13.8. The van der Waals surface area contributed by atoms with Gasteiger partial charge in [0, 0.05) is 30.4 Å². The third-order valence-corrected chi connectivity index (χ3v) is 3.83. The van der Waals surface area contributed by atoms with E-state index in [-0.39, 0.29) is 11.9 Å². The maximum Gasteiger partial charge on any atom is 0.127 e. The van der Waals surface area contributed by atoms with Crippen molar-refractivity contribution in [3.63, 3.8) is 0 Å². The Bertz CT molecular complexity index is 583. The largest absolute Gasteiger partial charge is 0.384 e. The molecular weight excluding hydrogens is 263 g/mol. The summed E-state index contributed by atoms with van der Waals surface area (Å²) in [7, 11) is 2.02. The van der Waals surface area contributed by atoms with Gasteiger partial charge in [0.1, 0.15) is 5.82 Å². The Hall–Kier alpha value is -1.87. The van der Waals surface area contributed by atoms with Crippen LogP contribution in [0.15, 0.2) is 48.5 Å². The average molecular weight is 286 g/mol. The molecule has 0 aromatic heterocycles. The molecule has 0 saturated carbocycles. The summed E-state index contributed by atoms with van der Waals surface area (Å²) in [5, 5.41) is 3.40. The van der Waals surface area contributed by atoms with Gasteiger partial charge in [-0.25, -0.2) is 4.39 Å². The Balaban J connectivity index is 1.87. The van der Waals surface area contributed by atoms with Gasteiger partial charge in [0.25, 0.3) is 0 Å². The lowest BCUT2D eigenvalue weighted by atomic mass is 10.1. The minimum absolute atomic E-state index is 0.0607. The Kier molecular flexibility index (Phi) is 5.34. The molecule has 0 bridgehead atoms. The molecule has 0 aliphatic rings. The molecule has 1 atom stereocenters. The van der Waals surface area contributed by atoms with Crippen molar-refractivity contribution in [2.75, 3.05) is 25.5 Å². The molecule has 1 unspecified atom stereocenters. The zero-order chi connectivity index (χ0) is 15.2. The lowest BCUT2D eigenvalue weighted by Gasteiger charge is -2.25. The third kappa shape index (κ3) is 4.30. The molecule has 0 amide bonds. The van der Waals surface area contributed by atoms with Crippen LogP contribution in [-0.4, -0.2) is 25.0 Å². The van der Waals surface area contributed by atoms with Crippen LogP contribution in [0.1, 0.15) is 24.1 Å². The van der Waals surface area contributed by atoms with Gasteiger partial charge in [-0.05, 0) is 44.7 Å². The van der Waals surface area contributed by atoms with Crippen molar-refractivity contribution < 1.29 is 4.39 Å². The molecule has 2 aromatic rings. The number of halogens is 1. The molecule has 112 valence electrons. The van der Waals surface area contributed by atoms with E-state index >= 15 is 0 Å². The minimum atomic E-state index is -0.136. The monoisotopic (exact) mass is 286 g/mol. The summed E-state index contributed by atoms with van der Waals surface area (Å²) in [6.07, 6.45) is 0. The molecule has 0 fully saturated rings. The summed E-state index contributed by atoms with van der Waals surface area (Å²) in [5.74, 6) is -0.136. The van der Waals surface area contributed by atoms with E-state index in [2.05, 4.69) is 35.3 Å². The summed E-state index contributed by atoms with van der Waals surface area (Å²) in [6, 6.07) is 15.4. The first-order chi connectivity index (χ1) is 10.1. The van der Waals surface area contributed by atoms with Gasteiger partial charge in [-0.1, -0.05) is 30.3 Å². The van der Waals surface area contributed by atoms with E-state index in [0.717, 1.165) is 24.3 Å². The molecule has 1 N–H and O–H groups in total. The van der Waals surface area contributed by atoms with E-state index in [1.807, 2.05) is 32.2 Å². The second-order valence-corrected chi connectivity index (χ2v) is 5.47. The van der Waals surface area contributed by atoms with Crippen LogP contribution in [0, 0.1) is 12.7 Å². The van der Waals surface area contributed by atoms with Crippen LogP contribution in [0.2, 0.25) is 0 Å². The maximum atomic E-state index is 13.8. The van der Waals surface area contributed by atoms with Crippen LogP contribution in [0.5, 0.6) is 0 Å². The topological polar surface area (TPSA) is 15.3 Å². The Morgan fingerprint density at radius 2 is 1.90 bits per heavy atom. The number of hydrogen-bond donors (Lipinski definition) is 1. The molecule has 0 aliphatic carbocycles. The number of nitrogens with one attached hydrogen (secondary N) is 1. The van der Waals surface area contributed by atoms with E-state index in [4.69, 9.17) is 0 Å². The minimum Gasteiger partial charge on any atom is -0.384 e. The Morgan fingerprint density at radius 1 is 1.14 bits per heavy atom. The van der Waals surface area contributed by atoms with Gasteiger partial charge in [-0.3, -0.25) is 4.90 Å². The fraction of sp³-hybridized carbons (Fsp3) is 0.333. The van der Waals surface area contributed by atoms with Gasteiger partial charge >= 0.3 is 0 Å². The fourth-order valence-corrected chi connectivity index (χ4v) is 2.38. The molecule has 3 heteroatoms. The zero-order valence-electron chi connectivity index (χ0n) is 12.9. The van der Waals surface area contributed by atoms with E-state index in [1.54, 1.807) is 6.07 Å². The number of hydrogen-bond acceptors (Lipinski definition) is 2. The lowest BCUT2D eigenvalue weighted by molar-refractivity contribution is 0.266. The SMILES string of the molecule is Cc1cccc(NCCN(C)C(C)c2ccccc2F)c1. The second-order valence-electron chi connectivity index (χ2n) is 5.47. The predicted molar refractivity (Wildman–Crippen MR) is 87.1 cm³/mol. The van der Waals surface area contributed by atoms with Gasteiger partial charge < -0.3 is 5.32 Å². The zero-order valence-corrected chi connectivity index (χ0v) is 12.9. The maximum absolute atomic E-state index is 13.8. The van der Waals surface area contributed by atoms with E-state index in [1.165, 1.54) is 11.6 Å². The molecule has 0 saturated heterocycles. The number of rotatable bonds is 6. The van der Waals surface area contributed by atoms with E-state index < -0.39 is 0 Å². The van der Waals surface area contributed by atoms with E-state index in [0.29, 0.717) is 0 Å². The van der Waals surface area contributed by atoms with Crippen molar-refractivity contribution in [3.8, 4) is 0 Å². The molecule has 2 aromatic carbocycles. The summed E-state index contributed by atoms with van der Waals surface area (Å²) in [6.45, 7) is 5.80. The highest BCUT2D eigenvalue weighted by Crippen LogP contribution is 2.21. The van der Waals surface area contributed by atoms with Gasteiger partial charge in [0.05, 0.1) is 0 Å². The first kappa shape index (κ1) is 15.5. The van der Waals surface area contributed by atoms with Gasteiger partial charge in [0.15, 0.2) is 0 Å². The van der Waals surface area contributed by atoms with Crippen LogP contribution in [-0.2, 0) is 0 Å². The van der Waals surface area contributed by atoms with Crippen LogP contribution in [0.4, 0.5) is 10.1 Å². The van der Waals surface area contributed by atoms with Crippen LogP contribution in [0.3, 0.4) is 0 Å². The fourth-order valence-electron chi connectivity index (χ4n) is 2.38. The molecule has 0 spiro atoms. The molecule has 0 heterocycles. The smallest absolute Gasteiger partial charge is 0.127 e. The Morgan fingerprint density at radius 3 is 2.62 bits per heavy atom. The number of nitrogens with zero attached hydrogens (tertiary/aromatic N) is 1. The number of likely N-dealkylation sites (N-methyl/N-ethyl adjacent to an activating group) is 1. The summed E-state index contributed by atoms with van der Waals surface area (Å²) in [5.41, 5.74) is 3.12. The predicted octanol–water partition coefficient (Wildman–Crippen LogP) is 4.24. The lowest BCUT2D eigenvalue weighted by Crippen LogP contribution is -2.28. The van der Waals surface area contributed by atoms with Crippen LogP contribution >= 0.6 is 0 Å². The van der Waals surface area contributed by atoms with Gasteiger partial charge in [-0.15, -0.1) is 0 Å². The second kappa shape index (κ2) is 7.23. The van der Waals surface area contributed by atoms with Crippen molar-refractivity contribution in [3.05, 3.63) is 65.5 Å². The number of benzene rings is 2. The standard InChI is InChI=1S/C18H23FN2/c1-14-7-6-8-16(13-14)20-11-12-21(3)15(2)17-9-4-5-10-18(17)19/h4-10,13,15,20H,11-12H2,1-3H3. The first-order valence-corrected chi connectivity index (χ1v) is 7.33. The molecule has 0 aliphatic heterocycles. The van der Waals surface area contributed by atoms with Gasteiger partial charge in [0.2, 0.25) is 0 Å². The third-order valence-electron chi connectivity index (χ3n) is 3.83. The number of anilines is 1. The highest BCUT2D eigenvalue weighted by atomic mass is 19.1. The van der Waals surface area contributed by atoms with Crippen molar-refractivity contribution in [1.29, 1.82) is 0 Å². The van der Waals surface area contributed by atoms with Crippen molar-refractivity contribution in [2.45, 2.75) is 19.9 Å². The first-order valence-electron chi connectivity index (χ1n) is 7.33. The highest BCUT2D eigenvalue weighted by Gasteiger charge is 2.14. The van der Waals surface area contributed by atoms with Crippen molar-refractivity contribution >= 4 is 5.69 Å². The van der Waals surface area contributed by atoms with Crippen LogP contribution < -0.4 is 5.32 Å². The molecule has 2 rings (SSSR count). The summed E-state index contributed by atoms with van der Waals surface area (Å²) >= 11 is 0. The molecular formula is C18H23FN2. The van der Waals surface area contributed by atoms with E-state index in [9.17, 15) is 4.39 Å². The molecule has 0 radical (unpaired) electrons. The number of aryl methyl sites for hydroxylation is 1. The normalized spacial score (nSPS) is 12.4. The average Bonchev–Trinajstić information content (AvgIpc) is 2.47. The van der Waals surface area contributed by atoms with Crippen molar-refractivity contribution in [1.82, 2.24) is 4.90 Å². The molecule has 2 nitrogen and oxygen atoms in total. The Labute approximate surface area is 126 Å². The highest BCUT2D eigenvalue weighted by molar-refractivity contribution is 5.45. The summed E-state index contributed by atoms with van der Waals surface area (Å²) in [4.78, 5) is 2.15.